The van der Waals surface area contributed by atoms with Crippen LogP contribution < -0.4 is 0 Å². The van der Waals surface area contributed by atoms with E-state index in [-0.39, 0.29) is 0 Å². The minimum Gasteiger partial charge on any atom is -0.144 e. The minimum atomic E-state index is 1.21. The van der Waals surface area contributed by atoms with E-state index < -0.39 is 0 Å². The molecular weight excluding hydrogens is 272 g/mol. The molecule has 0 atom stereocenters. The Kier molecular flexibility index (Phi) is 9.41. The smallest absolute Gasteiger partial charge is 0.0305 e. The summed E-state index contributed by atoms with van der Waals surface area (Å²) in [7, 11) is 0. The van der Waals surface area contributed by atoms with E-state index in [0.717, 1.165) is 0 Å². The summed E-state index contributed by atoms with van der Waals surface area (Å²) in [6.07, 6.45) is 12.3. The van der Waals surface area contributed by atoms with Crippen molar-refractivity contribution in [3.05, 3.63) is 39.6 Å². The van der Waals surface area contributed by atoms with Crippen LogP contribution in [0.2, 0.25) is 0 Å². The molecule has 0 saturated heterocycles. The second-order valence-corrected chi connectivity index (χ2v) is 6.65. The second kappa shape index (κ2) is 10.8. The Balaban J connectivity index is 3.27. The van der Waals surface area contributed by atoms with Crippen molar-refractivity contribution in [2.75, 3.05) is 0 Å². The van der Waals surface area contributed by atoms with Gasteiger partial charge in [-0.2, -0.15) is 0 Å². The highest BCUT2D eigenvalue weighted by Gasteiger charge is 2.13. The Hall–Kier alpha value is -0.820. The van der Waals surface area contributed by atoms with Gasteiger partial charge in [-0.05, 0) is 53.8 Å². The Morgan fingerprint density at radius 1 is 0.952 bits per heavy atom. The van der Waals surface area contributed by atoms with Gasteiger partial charge in [0.05, 0.1) is 0 Å². The van der Waals surface area contributed by atoms with Gasteiger partial charge in [-0.1, -0.05) is 65.5 Å². The topological polar surface area (TPSA) is 0 Å². The number of unbranched alkanes of at least 4 members (excludes halogenated alkanes) is 1. The van der Waals surface area contributed by atoms with Crippen LogP contribution in [0.15, 0.2) is 34.7 Å². The van der Waals surface area contributed by atoms with Gasteiger partial charge in [0.2, 0.25) is 0 Å². The molecule has 0 nitrogen and oxygen atoms in total. The molecule has 0 aliphatic heterocycles. The third kappa shape index (κ3) is 5.82. The van der Waals surface area contributed by atoms with Crippen molar-refractivity contribution >= 4 is 16.9 Å². The molecule has 0 fully saturated rings. The van der Waals surface area contributed by atoms with E-state index in [1.807, 2.05) is 11.3 Å². The lowest BCUT2D eigenvalue weighted by Gasteiger charge is -2.17. The number of rotatable bonds is 10. The minimum absolute atomic E-state index is 1.21. The van der Waals surface area contributed by atoms with Crippen molar-refractivity contribution in [1.29, 1.82) is 0 Å². The van der Waals surface area contributed by atoms with E-state index in [9.17, 15) is 0 Å². The lowest BCUT2D eigenvalue weighted by Crippen LogP contribution is -1.97. The molecule has 0 aliphatic carbocycles. The van der Waals surface area contributed by atoms with Gasteiger partial charge in [-0.25, -0.2) is 0 Å². The van der Waals surface area contributed by atoms with E-state index in [1.165, 1.54) is 56.2 Å². The lowest BCUT2D eigenvalue weighted by atomic mass is 9.89. The molecule has 1 rings (SSSR count). The molecule has 0 bridgehead atoms. The van der Waals surface area contributed by atoms with Gasteiger partial charge in [0.25, 0.3) is 0 Å². The number of thiophene rings is 1. The van der Waals surface area contributed by atoms with Gasteiger partial charge < -0.3 is 0 Å². The maximum Gasteiger partial charge on any atom is 0.0305 e. The zero-order chi connectivity index (χ0) is 15.5. The molecule has 0 aromatic carbocycles. The first kappa shape index (κ1) is 18.2. The van der Waals surface area contributed by atoms with E-state index in [2.05, 4.69) is 51.3 Å². The molecule has 0 spiro atoms. The second-order valence-electron chi connectivity index (χ2n) is 5.70. The van der Waals surface area contributed by atoms with Gasteiger partial charge in [0.15, 0.2) is 0 Å². The fourth-order valence-corrected chi connectivity index (χ4v) is 3.67. The average molecular weight is 305 g/mol. The molecule has 1 heterocycles. The monoisotopic (exact) mass is 304 g/mol. The fraction of sp³-hybridized carbons (Fsp3) is 0.600. The van der Waals surface area contributed by atoms with Crippen molar-refractivity contribution in [1.82, 2.24) is 0 Å². The Labute approximate surface area is 136 Å². The number of hydrogen-bond acceptors (Lipinski definition) is 1. The maximum atomic E-state index is 2.51. The number of hydrogen-bond donors (Lipinski definition) is 0. The van der Waals surface area contributed by atoms with Gasteiger partial charge in [-0.15, -0.1) is 11.3 Å². The van der Waals surface area contributed by atoms with Crippen LogP contribution in [0.5, 0.6) is 0 Å². The Morgan fingerprint density at radius 2 is 1.67 bits per heavy atom. The van der Waals surface area contributed by atoms with Crippen molar-refractivity contribution in [2.45, 2.75) is 79.1 Å². The van der Waals surface area contributed by atoms with Crippen LogP contribution in [-0.2, 0) is 0 Å². The summed E-state index contributed by atoms with van der Waals surface area (Å²) in [6.45, 7) is 9.18. The first-order valence-electron chi connectivity index (χ1n) is 8.73. The van der Waals surface area contributed by atoms with Crippen LogP contribution in [0, 0.1) is 0 Å². The van der Waals surface area contributed by atoms with Crippen molar-refractivity contribution in [2.24, 2.45) is 0 Å². The third-order valence-electron chi connectivity index (χ3n) is 3.77. The Bertz CT molecular complexity index is 434. The van der Waals surface area contributed by atoms with Gasteiger partial charge >= 0.3 is 0 Å². The van der Waals surface area contributed by atoms with Crippen molar-refractivity contribution in [3.8, 4) is 0 Å². The first-order valence-corrected chi connectivity index (χ1v) is 9.61. The van der Waals surface area contributed by atoms with Gasteiger partial charge in [0.1, 0.15) is 0 Å². The largest absolute Gasteiger partial charge is 0.144 e. The molecular formula is C20H32S. The summed E-state index contributed by atoms with van der Waals surface area (Å²) in [5.74, 6) is 0. The highest BCUT2D eigenvalue weighted by Crippen LogP contribution is 2.35. The summed E-state index contributed by atoms with van der Waals surface area (Å²) in [5.41, 5.74) is 4.89. The van der Waals surface area contributed by atoms with E-state index in [4.69, 9.17) is 0 Å². The summed E-state index contributed by atoms with van der Waals surface area (Å²) in [6, 6.07) is 4.49. The summed E-state index contributed by atoms with van der Waals surface area (Å²) in [5, 5.41) is 2.21. The fourth-order valence-electron chi connectivity index (χ4n) is 2.84. The molecule has 118 valence electrons. The van der Waals surface area contributed by atoms with Crippen molar-refractivity contribution < 1.29 is 0 Å². The molecule has 0 N–H and O–H groups in total. The van der Waals surface area contributed by atoms with Crippen LogP contribution in [-0.4, -0.2) is 0 Å². The molecule has 1 aromatic heterocycles. The quantitative estimate of drug-likeness (QED) is 0.390. The SMILES string of the molecule is CCC/C=C(CCC)/C(CCC)=C(/CCC)c1cccs1. The molecule has 1 aromatic rings. The average Bonchev–Trinajstić information content (AvgIpc) is 3.01. The summed E-state index contributed by atoms with van der Waals surface area (Å²) >= 11 is 1.90. The summed E-state index contributed by atoms with van der Waals surface area (Å²) in [4.78, 5) is 1.49. The molecule has 0 unspecified atom stereocenters. The molecule has 0 aliphatic rings. The number of allylic oxidation sites excluding steroid dienone is 4. The highest BCUT2D eigenvalue weighted by molar-refractivity contribution is 7.11. The first-order chi connectivity index (χ1) is 10.3. The van der Waals surface area contributed by atoms with Crippen molar-refractivity contribution in [3.63, 3.8) is 0 Å². The molecule has 0 saturated carbocycles. The predicted octanol–water partition coefficient (Wildman–Crippen LogP) is 7.63. The van der Waals surface area contributed by atoms with Crippen LogP contribution in [0.25, 0.3) is 5.57 Å². The van der Waals surface area contributed by atoms with E-state index in [1.54, 1.807) is 16.7 Å². The third-order valence-corrected chi connectivity index (χ3v) is 4.70. The molecule has 1 heteroatoms. The molecule has 21 heavy (non-hydrogen) atoms. The molecule has 0 radical (unpaired) electrons. The van der Waals surface area contributed by atoms with Gasteiger partial charge in [0, 0.05) is 4.88 Å². The summed E-state index contributed by atoms with van der Waals surface area (Å²) < 4.78 is 0. The predicted molar refractivity (Wildman–Crippen MR) is 99.0 cm³/mol. The standard InChI is InChI=1S/C20H32S/c1-5-9-14-17(11-6-2)18(12-7-3)19(13-8-4)20-15-10-16-21-20/h10,14-16H,5-9,11-13H2,1-4H3/b17-14+,19-18-. The van der Waals surface area contributed by atoms with E-state index >= 15 is 0 Å². The normalized spacial score (nSPS) is 13.4. The van der Waals surface area contributed by atoms with Crippen LogP contribution >= 0.6 is 11.3 Å². The van der Waals surface area contributed by atoms with E-state index in [0.29, 0.717) is 0 Å². The van der Waals surface area contributed by atoms with Crippen LogP contribution in [0.3, 0.4) is 0 Å². The van der Waals surface area contributed by atoms with Crippen LogP contribution in [0.1, 0.15) is 83.9 Å². The zero-order valence-corrected chi connectivity index (χ0v) is 15.2. The maximum absolute atomic E-state index is 2.51. The molecule has 0 amide bonds. The highest BCUT2D eigenvalue weighted by atomic mass is 32.1. The van der Waals surface area contributed by atoms with Crippen LogP contribution in [0.4, 0.5) is 0 Å². The lowest BCUT2D eigenvalue weighted by molar-refractivity contribution is 0.831. The zero-order valence-electron chi connectivity index (χ0n) is 14.4. The Morgan fingerprint density at radius 3 is 2.19 bits per heavy atom. The van der Waals surface area contributed by atoms with Gasteiger partial charge in [-0.3, -0.25) is 0 Å².